The summed E-state index contributed by atoms with van der Waals surface area (Å²) in [6, 6.07) is 11.4. The summed E-state index contributed by atoms with van der Waals surface area (Å²) in [6.45, 7) is 3.94. The molecule has 1 heterocycles. The third kappa shape index (κ3) is 2.79. The summed E-state index contributed by atoms with van der Waals surface area (Å²) in [4.78, 5) is 28.9. The van der Waals surface area contributed by atoms with E-state index in [0.29, 0.717) is 5.52 Å². The lowest BCUT2D eigenvalue weighted by Crippen LogP contribution is -2.16. The highest BCUT2D eigenvalue weighted by atomic mass is 16.1. The van der Waals surface area contributed by atoms with Crippen LogP contribution in [0, 0.1) is 13.8 Å². The number of amides is 1. The van der Waals surface area contributed by atoms with Crippen molar-refractivity contribution in [3.8, 4) is 0 Å². The fraction of sp³-hybridized carbons (Fsp3) is 0.176. The number of aryl methyl sites for hydroxylation is 2. The zero-order chi connectivity index (χ0) is 15.7. The van der Waals surface area contributed by atoms with Gasteiger partial charge in [-0.1, -0.05) is 24.3 Å². The fourth-order valence-electron chi connectivity index (χ4n) is 2.57. The predicted molar refractivity (Wildman–Crippen MR) is 87.2 cm³/mol. The normalized spacial score (nSPS) is 10.8. The first-order chi connectivity index (χ1) is 10.5. The number of carbonyl (C=O) groups excluding carboxylic acids is 1. The SMILES string of the molecule is Cc1cccc(C)c1NC(=O)Cc1ccc2[nH]c(=O)[nH]c2c1. The highest BCUT2D eigenvalue weighted by Gasteiger charge is 2.09. The van der Waals surface area contributed by atoms with Crippen molar-refractivity contribution in [2.24, 2.45) is 0 Å². The molecule has 0 atom stereocenters. The van der Waals surface area contributed by atoms with Gasteiger partial charge in [-0.05, 0) is 42.7 Å². The van der Waals surface area contributed by atoms with Crippen molar-refractivity contribution in [2.75, 3.05) is 5.32 Å². The average Bonchev–Trinajstić information content (AvgIpc) is 2.82. The summed E-state index contributed by atoms with van der Waals surface area (Å²) in [7, 11) is 0. The Morgan fingerprint density at radius 2 is 1.73 bits per heavy atom. The quantitative estimate of drug-likeness (QED) is 0.694. The molecule has 0 saturated heterocycles. The molecule has 0 fully saturated rings. The molecule has 3 aromatic rings. The molecule has 0 unspecified atom stereocenters. The van der Waals surface area contributed by atoms with Crippen molar-refractivity contribution in [1.82, 2.24) is 9.97 Å². The third-order valence-corrected chi connectivity index (χ3v) is 3.69. The van der Waals surface area contributed by atoms with Crippen LogP contribution < -0.4 is 11.0 Å². The standard InChI is InChI=1S/C17H17N3O2/c1-10-4-3-5-11(2)16(10)20-15(21)9-12-6-7-13-14(8-12)19-17(22)18-13/h3-8H,9H2,1-2H3,(H,20,21)(H2,18,19,22). The fourth-order valence-corrected chi connectivity index (χ4v) is 2.57. The zero-order valence-corrected chi connectivity index (χ0v) is 12.5. The number of fused-ring (bicyclic) bond motifs is 1. The second-order valence-corrected chi connectivity index (χ2v) is 5.45. The number of H-pyrrole nitrogens is 2. The van der Waals surface area contributed by atoms with Gasteiger partial charge in [-0.15, -0.1) is 0 Å². The van der Waals surface area contributed by atoms with E-state index in [1.807, 2.05) is 44.2 Å². The highest BCUT2D eigenvalue weighted by molar-refractivity contribution is 5.94. The van der Waals surface area contributed by atoms with Gasteiger partial charge < -0.3 is 15.3 Å². The van der Waals surface area contributed by atoms with Gasteiger partial charge in [0.2, 0.25) is 5.91 Å². The van der Waals surface area contributed by atoms with Crippen molar-refractivity contribution in [3.63, 3.8) is 0 Å². The minimum absolute atomic E-state index is 0.0744. The number of aromatic amines is 2. The molecule has 22 heavy (non-hydrogen) atoms. The number of rotatable bonds is 3. The minimum Gasteiger partial charge on any atom is -0.325 e. The van der Waals surface area contributed by atoms with Gasteiger partial charge >= 0.3 is 5.69 Å². The molecule has 0 radical (unpaired) electrons. The van der Waals surface area contributed by atoms with Crippen LogP contribution in [-0.2, 0) is 11.2 Å². The Morgan fingerprint density at radius 1 is 1.05 bits per heavy atom. The topological polar surface area (TPSA) is 77.8 Å². The van der Waals surface area contributed by atoms with Gasteiger partial charge in [-0.25, -0.2) is 4.79 Å². The number of nitrogens with one attached hydrogen (secondary N) is 3. The maximum absolute atomic E-state index is 12.2. The molecule has 0 saturated carbocycles. The van der Waals surface area contributed by atoms with E-state index < -0.39 is 0 Å². The van der Waals surface area contributed by atoms with Crippen LogP contribution in [0.15, 0.2) is 41.2 Å². The molecule has 1 aromatic heterocycles. The van der Waals surface area contributed by atoms with Gasteiger partial charge in [-0.3, -0.25) is 4.79 Å². The van der Waals surface area contributed by atoms with Gasteiger partial charge in [0, 0.05) is 5.69 Å². The lowest BCUT2D eigenvalue weighted by Gasteiger charge is -2.11. The number of hydrogen-bond donors (Lipinski definition) is 3. The van der Waals surface area contributed by atoms with E-state index in [2.05, 4.69) is 15.3 Å². The van der Waals surface area contributed by atoms with E-state index in [1.165, 1.54) is 0 Å². The van der Waals surface area contributed by atoms with Crippen molar-refractivity contribution in [3.05, 3.63) is 63.6 Å². The largest absolute Gasteiger partial charge is 0.325 e. The Hall–Kier alpha value is -2.82. The molecule has 0 aliphatic rings. The van der Waals surface area contributed by atoms with Gasteiger partial charge in [0.1, 0.15) is 0 Å². The molecule has 0 aliphatic heterocycles. The van der Waals surface area contributed by atoms with Crippen LogP contribution in [0.3, 0.4) is 0 Å². The van der Waals surface area contributed by atoms with Gasteiger partial charge in [0.25, 0.3) is 0 Å². The number of aromatic nitrogens is 2. The molecule has 0 aliphatic carbocycles. The van der Waals surface area contributed by atoms with E-state index in [1.54, 1.807) is 6.07 Å². The maximum Gasteiger partial charge on any atom is 0.323 e. The number of imidazole rings is 1. The van der Waals surface area contributed by atoms with E-state index in [9.17, 15) is 9.59 Å². The van der Waals surface area contributed by atoms with Crippen molar-refractivity contribution in [2.45, 2.75) is 20.3 Å². The second-order valence-electron chi connectivity index (χ2n) is 5.45. The number of carbonyl (C=O) groups is 1. The summed E-state index contributed by atoms with van der Waals surface area (Å²) in [5.41, 5.74) is 5.01. The van der Waals surface area contributed by atoms with Crippen molar-refractivity contribution in [1.29, 1.82) is 0 Å². The molecular weight excluding hydrogens is 278 g/mol. The summed E-state index contributed by atoms with van der Waals surface area (Å²) in [5.74, 6) is -0.0744. The lowest BCUT2D eigenvalue weighted by molar-refractivity contribution is -0.115. The number of anilines is 1. The van der Waals surface area contributed by atoms with E-state index in [4.69, 9.17) is 0 Å². The van der Waals surface area contributed by atoms with Crippen LogP contribution in [0.2, 0.25) is 0 Å². The van der Waals surface area contributed by atoms with Crippen LogP contribution >= 0.6 is 0 Å². The Balaban J connectivity index is 1.79. The Morgan fingerprint density at radius 3 is 2.45 bits per heavy atom. The molecule has 3 N–H and O–H groups in total. The lowest BCUT2D eigenvalue weighted by atomic mass is 10.1. The molecule has 0 spiro atoms. The second kappa shape index (κ2) is 5.52. The summed E-state index contributed by atoms with van der Waals surface area (Å²) in [5, 5.41) is 2.96. The first kappa shape index (κ1) is 14.1. The summed E-state index contributed by atoms with van der Waals surface area (Å²) >= 11 is 0. The number of para-hydroxylation sites is 1. The van der Waals surface area contributed by atoms with Crippen LogP contribution in [0.1, 0.15) is 16.7 Å². The van der Waals surface area contributed by atoms with Gasteiger partial charge in [-0.2, -0.15) is 0 Å². The Bertz CT molecular complexity index is 885. The number of hydrogen-bond acceptors (Lipinski definition) is 2. The molecule has 112 valence electrons. The first-order valence-electron chi connectivity index (χ1n) is 7.10. The van der Waals surface area contributed by atoms with Crippen LogP contribution in [0.25, 0.3) is 11.0 Å². The molecule has 3 rings (SSSR count). The Kier molecular flexibility index (Phi) is 3.55. The average molecular weight is 295 g/mol. The Labute approximate surface area is 127 Å². The van der Waals surface area contributed by atoms with Gasteiger partial charge in [0.05, 0.1) is 17.5 Å². The summed E-state index contributed by atoms with van der Waals surface area (Å²) in [6.07, 6.45) is 0.261. The molecular formula is C17H17N3O2. The first-order valence-corrected chi connectivity index (χ1v) is 7.10. The molecule has 5 nitrogen and oxygen atoms in total. The van der Waals surface area contributed by atoms with Crippen molar-refractivity contribution < 1.29 is 4.79 Å². The van der Waals surface area contributed by atoms with Gasteiger partial charge in [0.15, 0.2) is 0 Å². The van der Waals surface area contributed by atoms with Crippen LogP contribution in [0.4, 0.5) is 5.69 Å². The summed E-state index contributed by atoms with van der Waals surface area (Å²) < 4.78 is 0. The molecule has 1 amide bonds. The molecule has 0 bridgehead atoms. The molecule has 2 aromatic carbocycles. The predicted octanol–water partition coefficient (Wildman–Crippen LogP) is 2.65. The smallest absolute Gasteiger partial charge is 0.323 e. The van der Waals surface area contributed by atoms with E-state index in [-0.39, 0.29) is 18.0 Å². The third-order valence-electron chi connectivity index (χ3n) is 3.69. The van der Waals surface area contributed by atoms with E-state index >= 15 is 0 Å². The minimum atomic E-state index is -0.243. The maximum atomic E-state index is 12.2. The number of benzene rings is 2. The van der Waals surface area contributed by atoms with Crippen LogP contribution in [0.5, 0.6) is 0 Å². The monoisotopic (exact) mass is 295 g/mol. The zero-order valence-electron chi connectivity index (χ0n) is 12.5. The van der Waals surface area contributed by atoms with Crippen LogP contribution in [-0.4, -0.2) is 15.9 Å². The highest BCUT2D eigenvalue weighted by Crippen LogP contribution is 2.20. The molecule has 5 heteroatoms. The van der Waals surface area contributed by atoms with Crippen molar-refractivity contribution >= 4 is 22.6 Å². The van der Waals surface area contributed by atoms with E-state index in [0.717, 1.165) is 27.9 Å².